The number of nitro benzene ring substituents is 1. The highest BCUT2D eigenvalue weighted by molar-refractivity contribution is 5.79. The molecule has 1 rings (SSSR count). The smallest absolute Gasteiger partial charge is 0.311 e. The van der Waals surface area contributed by atoms with Crippen molar-refractivity contribution in [2.75, 3.05) is 6.61 Å². The summed E-state index contributed by atoms with van der Waals surface area (Å²) in [5.41, 5.74) is -0.168. The van der Waals surface area contributed by atoms with Gasteiger partial charge in [0.1, 0.15) is 6.29 Å². The third-order valence-electron chi connectivity index (χ3n) is 2.69. The van der Waals surface area contributed by atoms with Crippen LogP contribution in [0.15, 0.2) is 18.2 Å². The van der Waals surface area contributed by atoms with Crippen LogP contribution in [-0.2, 0) is 4.79 Å². The summed E-state index contributed by atoms with van der Waals surface area (Å²) in [5.74, 6) is -0.395. The molecule has 0 heterocycles. The van der Waals surface area contributed by atoms with Gasteiger partial charge in [0, 0.05) is 17.7 Å². The van der Waals surface area contributed by atoms with Gasteiger partial charge in [0.15, 0.2) is 12.4 Å². The number of rotatable bonds is 7. The largest absolute Gasteiger partial charge is 0.477 e. The Balaban J connectivity index is 2.75. The number of amides is 1. The van der Waals surface area contributed by atoms with Gasteiger partial charge in [0.05, 0.1) is 4.92 Å². The van der Waals surface area contributed by atoms with E-state index in [1.54, 1.807) is 0 Å². The van der Waals surface area contributed by atoms with Crippen molar-refractivity contribution in [1.29, 1.82) is 0 Å². The van der Waals surface area contributed by atoms with Crippen LogP contribution < -0.4 is 10.1 Å². The minimum absolute atomic E-state index is 0.0125. The normalized spacial score (nSPS) is 11.5. The van der Waals surface area contributed by atoms with E-state index in [1.807, 2.05) is 13.8 Å². The standard InChI is InChI=1S/C13H16N2O5/c1-3-9(2)14-13(17)8-20-12-5-4-10(7-16)6-11(12)15(18)19/h4-7,9H,3,8H2,1-2H3,(H,14,17)/t9-/m1/s1. The molecule has 0 radical (unpaired) electrons. The number of aldehydes is 1. The highest BCUT2D eigenvalue weighted by Crippen LogP contribution is 2.27. The predicted octanol–water partition coefficient (Wildman–Crippen LogP) is 1.70. The van der Waals surface area contributed by atoms with Crippen molar-refractivity contribution in [3.8, 4) is 5.75 Å². The number of nitrogens with one attached hydrogen (secondary N) is 1. The van der Waals surface area contributed by atoms with Crippen LogP contribution in [0.1, 0.15) is 30.6 Å². The van der Waals surface area contributed by atoms with Gasteiger partial charge in [0.25, 0.3) is 5.91 Å². The molecule has 0 fully saturated rings. The summed E-state index contributed by atoms with van der Waals surface area (Å²) in [6, 6.07) is 3.81. The second kappa shape index (κ2) is 7.22. The van der Waals surface area contributed by atoms with Crippen LogP contribution in [0, 0.1) is 10.1 Å². The second-order valence-corrected chi connectivity index (χ2v) is 4.27. The second-order valence-electron chi connectivity index (χ2n) is 4.27. The minimum atomic E-state index is -0.658. The Kier molecular flexibility index (Phi) is 5.64. The molecule has 108 valence electrons. The van der Waals surface area contributed by atoms with Crippen LogP contribution >= 0.6 is 0 Å². The highest BCUT2D eigenvalue weighted by atomic mass is 16.6. The van der Waals surface area contributed by atoms with Crippen LogP contribution in [0.4, 0.5) is 5.69 Å². The van der Waals surface area contributed by atoms with Crippen LogP contribution in [0.2, 0.25) is 0 Å². The Hall–Kier alpha value is -2.44. The van der Waals surface area contributed by atoms with Gasteiger partial charge >= 0.3 is 5.69 Å². The van der Waals surface area contributed by atoms with E-state index in [4.69, 9.17) is 4.74 Å². The fraction of sp³-hybridized carbons (Fsp3) is 0.385. The fourth-order valence-electron chi connectivity index (χ4n) is 1.43. The molecule has 0 aliphatic heterocycles. The maximum absolute atomic E-state index is 11.5. The Bertz CT molecular complexity index is 515. The molecule has 1 atom stereocenters. The van der Waals surface area contributed by atoms with Crippen molar-refractivity contribution in [1.82, 2.24) is 5.32 Å². The van der Waals surface area contributed by atoms with Gasteiger partial charge in [-0.05, 0) is 25.5 Å². The average Bonchev–Trinajstić information content (AvgIpc) is 2.44. The number of hydrogen-bond donors (Lipinski definition) is 1. The van der Waals surface area contributed by atoms with Gasteiger partial charge in [0.2, 0.25) is 0 Å². The zero-order valence-corrected chi connectivity index (χ0v) is 11.3. The van der Waals surface area contributed by atoms with E-state index in [2.05, 4.69) is 5.32 Å². The quantitative estimate of drug-likeness (QED) is 0.465. The van der Waals surface area contributed by atoms with Crippen molar-refractivity contribution >= 4 is 17.9 Å². The highest BCUT2D eigenvalue weighted by Gasteiger charge is 2.17. The van der Waals surface area contributed by atoms with Crippen LogP contribution in [0.25, 0.3) is 0 Å². The molecule has 1 aromatic carbocycles. The molecule has 1 N–H and O–H groups in total. The monoisotopic (exact) mass is 280 g/mol. The molecule has 0 aliphatic carbocycles. The molecule has 0 bridgehead atoms. The molecular weight excluding hydrogens is 264 g/mol. The van der Waals surface area contributed by atoms with Gasteiger partial charge in [-0.15, -0.1) is 0 Å². The number of nitro groups is 1. The molecule has 7 nitrogen and oxygen atoms in total. The summed E-state index contributed by atoms with van der Waals surface area (Å²) in [4.78, 5) is 32.3. The van der Waals surface area contributed by atoms with E-state index in [1.165, 1.54) is 12.1 Å². The summed E-state index contributed by atoms with van der Waals surface area (Å²) in [5, 5.41) is 13.5. The van der Waals surface area contributed by atoms with Gasteiger partial charge < -0.3 is 10.1 Å². The maximum atomic E-state index is 11.5. The molecular formula is C13H16N2O5. The van der Waals surface area contributed by atoms with Gasteiger partial charge in [-0.2, -0.15) is 0 Å². The number of carbonyl (C=O) groups is 2. The summed E-state index contributed by atoms with van der Waals surface area (Å²) in [6.07, 6.45) is 1.28. The molecule has 0 aromatic heterocycles. The lowest BCUT2D eigenvalue weighted by atomic mass is 10.2. The van der Waals surface area contributed by atoms with Gasteiger partial charge in [-0.25, -0.2) is 0 Å². The Labute approximate surface area is 116 Å². The van der Waals surface area contributed by atoms with Gasteiger partial charge in [-0.1, -0.05) is 6.92 Å². The first-order valence-corrected chi connectivity index (χ1v) is 6.13. The summed E-state index contributed by atoms with van der Waals surface area (Å²) < 4.78 is 5.14. The Morgan fingerprint density at radius 3 is 2.80 bits per heavy atom. The van der Waals surface area contributed by atoms with Crippen molar-refractivity contribution in [2.45, 2.75) is 26.3 Å². The molecule has 0 aliphatic rings. The van der Waals surface area contributed by atoms with E-state index < -0.39 is 4.92 Å². The van der Waals surface area contributed by atoms with Crippen molar-refractivity contribution in [3.63, 3.8) is 0 Å². The number of hydrogen-bond acceptors (Lipinski definition) is 5. The average molecular weight is 280 g/mol. The first kappa shape index (κ1) is 15.6. The van der Waals surface area contributed by atoms with Crippen molar-refractivity contribution in [3.05, 3.63) is 33.9 Å². The molecule has 20 heavy (non-hydrogen) atoms. The number of benzene rings is 1. The van der Waals surface area contributed by atoms with Gasteiger partial charge in [-0.3, -0.25) is 19.7 Å². The lowest BCUT2D eigenvalue weighted by Crippen LogP contribution is -2.35. The zero-order chi connectivity index (χ0) is 15.1. The molecule has 0 unspecified atom stereocenters. The molecule has 1 amide bonds. The summed E-state index contributed by atoms with van der Waals surface area (Å²) in [7, 11) is 0. The topological polar surface area (TPSA) is 98.5 Å². The molecule has 0 spiro atoms. The SMILES string of the molecule is CC[C@@H](C)NC(=O)COc1ccc(C=O)cc1[N+](=O)[O-]. The van der Waals surface area contributed by atoms with E-state index in [-0.39, 0.29) is 35.6 Å². The molecule has 7 heteroatoms. The minimum Gasteiger partial charge on any atom is -0.477 e. The number of carbonyl (C=O) groups excluding carboxylic acids is 2. The molecule has 1 aromatic rings. The third kappa shape index (κ3) is 4.34. The number of nitrogens with zero attached hydrogens (tertiary/aromatic N) is 1. The molecule has 0 saturated heterocycles. The van der Waals surface area contributed by atoms with E-state index >= 15 is 0 Å². The Morgan fingerprint density at radius 1 is 1.55 bits per heavy atom. The first-order valence-electron chi connectivity index (χ1n) is 6.13. The number of ether oxygens (including phenoxy) is 1. The van der Waals surface area contributed by atoms with E-state index in [0.717, 1.165) is 12.5 Å². The van der Waals surface area contributed by atoms with Crippen LogP contribution in [0.3, 0.4) is 0 Å². The van der Waals surface area contributed by atoms with E-state index in [9.17, 15) is 19.7 Å². The first-order chi connectivity index (χ1) is 9.47. The fourth-order valence-corrected chi connectivity index (χ4v) is 1.43. The lowest BCUT2D eigenvalue weighted by molar-refractivity contribution is -0.385. The summed E-state index contributed by atoms with van der Waals surface area (Å²) >= 11 is 0. The van der Waals surface area contributed by atoms with Crippen LogP contribution in [0.5, 0.6) is 5.75 Å². The third-order valence-corrected chi connectivity index (χ3v) is 2.69. The predicted molar refractivity (Wildman–Crippen MR) is 71.9 cm³/mol. The van der Waals surface area contributed by atoms with Crippen LogP contribution in [-0.4, -0.2) is 29.8 Å². The summed E-state index contributed by atoms with van der Waals surface area (Å²) in [6.45, 7) is 3.46. The Morgan fingerprint density at radius 2 is 2.25 bits per heavy atom. The lowest BCUT2D eigenvalue weighted by Gasteiger charge is -2.12. The van der Waals surface area contributed by atoms with E-state index in [0.29, 0.717) is 6.29 Å². The van der Waals surface area contributed by atoms with Crippen molar-refractivity contribution in [2.24, 2.45) is 0 Å². The molecule has 0 saturated carbocycles. The zero-order valence-electron chi connectivity index (χ0n) is 11.3. The maximum Gasteiger partial charge on any atom is 0.311 e. The van der Waals surface area contributed by atoms with Crippen molar-refractivity contribution < 1.29 is 19.2 Å².